The number of aromatic nitrogens is 2. The van der Waals surface area contributed by atoms with Crippen LogP contribution in [0.15, 0.2) is 36.0 Å². The first-order chi connectivity index (χ1) is 9.15. The van der Waals surface area contributed by atoms with E-state index in [1.807, 2.05) is 17.5 Å². The highest BCUT2D eigenvalue weighted by Crippen LogP contribution is 2.29. The summed E-state index contributed by atoms with van der Waals surface area (Å²) in [5.41, 5.74) is 7.85. The Balaban J connectivity index is 2.07. The van der Waals surface area contributed by atoms with Gasteiger partial charge in [0.2, 0.25) is 0 Å². The number of hydrogen-bond donors (Lipinski definition) is 2. The Labute approximate surface area is 118 Å². The first-order valence-corrected chi connectivity index (χ1v) is 6.83. The third-order valence-corrected chi connectivity index (χ3v) is 3.91. The van der Waals surface area contributed by atoms with Gasteiger partial charge in [0.1, 0.15) is 11.9 Å². The normalized spacial score (nSPS) is 12.7. The number of hydrogen-bond acceptors (Lipinski definition) is 5. The zero-order chi connectivity index (χ0) is 13.4. The van der Waals surface area contributed by atoms with Gasteiger partial charge in [-0.15, -0.1) is 11.3 Å². The van der Waals surface area contributed by atoms with Crippen molar-refractivity contribution >= 4 is 39.0 Å². The predicted octanol–water partition coefficient (Wildman–Crippen LogP) is 3.01. The maximum Gasteiger partial charge on any atom is 0.129 e. The molecule has 0 aliphatic rings. The monoisotopic (exact) mass is 291 g/mol. The molecule has 0 fully saturated rings. The van der Waals surface area contributed by atoms with Crippen molar-refractivity contribution < 1.29 is 5.11 Å². The van der Waals surface area contributed by atoms with E-state index in [0.29, 0.717) is 16.1 Å². The lowest BCUT2D eigenvalue weighted by Gasteiger charge is -2.13. The minimum absolute atomic E-state index is 0.267. The van der Waals surface area contributed by atoms with Gasteiger partial charge in [0, 0.05) is 23.5 Å². The number of fused-ring (bicyclic) bond motifs is 1. The van der Waals surface area contributed by atoms with E-state index < -0.39 is 6.10 Å². The molecule has 0 saturated carbocycles. The van der Waals surface area contributed by atoms with Gasteiger partial charge in [-0.3, -0.25) is 4.98 Å². The number of nitrogens with two attached hydrogens (primary N) is 1. The minimum atomic E-state index is -0.884. The Hall–Kier alpha value is -1.69. The number of pyridine rings is 2. The van der Waals surface area contributed by atoms with Crippen LogP contribution in [0.3, 0.4) is 0 Å². The number of nitrogens with zero attached hydrogens (tertiary/aromatic N) is 2. The number of halogens is 1. The van der Waals surface area contributed by atoms with Crippen LogP contribution in [0.4, 0.5) is 5.82 Å². The number of rotatable bonds is 2. The first kappa shape index (κ1) is 12.3. The molecule has 0 amide bonds. The maximum absolute atomic E-state index is 10.4. The number of nitrogen functional groups attached to an aromatic ring is 1. The van der Waals surface area contributed by atoms with Crippen molar-refractivity contribution in [2.75, 3.05) is 5.73 Å². The number of thiophene rings is 1. The Bertz CT molecular complexity index is 744. The highest BCUT2D eigenvalue weighted by Gasteiger charge is 2.16. The van der Waals surface area contributed by atoms with Crippen LogP contribution in [0, 0.1) is 0 Å². The fourth-order valence-electron chi connectivity index (χ4n) is 1.88. The third kappa shape index (κ3) is 2.28. The van der Waals surface area contributed by atoms with E-state index in [1.54, 1.807) is 23.6 Å². The van der Waals surface area contributed by atoms with Crippen molar-refractivity contribution in [1.82, 2.24) is 9.97 Å². The third-order valence-electron chi connectivity index (χ3n) is 2.85. The Kier molecular flexibility index (Phi) is 3.10. The van der Waals surface area contributed by atoms with Gasteiger partial charge in [0.15, 0.2) is 0 Å². The largest absolute Gasteiger partial charge is 0.383 e. The van der Waals surface area contributed by atoms with Crippen molar-refractivity contribution in [3.63, 3.8) is 0 Å². The van der Waals surface area contributed by atoms with Gasteiger partial charge in [-0.25, -0.2) is 4.98 Å². The Morgan fingerprint density at radius 3 is 2.95 bits per heavy atom. The molecule has 0 saturated heterocycles. The summed E-state index contributed by atoms with van der Waals surface area (Å²) in [5.74, 6) is 0.267. The minimum Gasteiger partial charge on any atom is -0.383 e. The summed E-state index contributed by atoms with van der Waals surface area (Å²) in [5, 5.41) is 12.8. The molecule has 0 aliphatic carbocycles. The molecular formula is C13H10ClN3OS. The fraction of sp³-hybridized carbons (Fsp3) is 0.0769. The van der Waals surface area contributed by atoms with Crippen LogP contribution >= 0.6 is 22.9 Å². The highest BCUT2D eigenvalue weighted by atomic mass is 35.5. The second-order valence-electron chi connectivity index (χ2n) is 4.10. The van der Waals surface area contributed by atoms with Crippen molar-refractivity contribution in [2.45, 2.75) is 6.10 Å². The lowest BCUT2D eigenvalue weighted by molar-refractivity contribution is 0.220. The Morgan fingerprint density at radius 1 is 1.26 bits per heavy atom. The molecule has 0 aliphatic heterocycles. The number of aliphatic hydroxyl groups excluding tert-OH is 1. The lowest BCUT2D eigenvalue weighted by Crippen LogP contribution is -2.05. The van der Waals surface area contributed by atoms with Gasteiger partial charge in [-0.1, -0.05) is 11.6 Å². The van der Waals surface area contributed by atoms with E-state index in [0.717, 1.165) is 10.2 Å². The van der Waals surface area contributed by atoms with Crippen molar-refractivity contribution in [3.05, 3.63) is 52.1 Å². The van der Waals surface area contributed by atoms with Crippen LogP contribution in [-0.2, 0) is 0 Å². The van der Waals surface area contributed by atoms with Crippen LogP contribution in [-0.4, -0.2) is 15.1 Å². The summed E-state index contributed by atoms with van der Waals surface area (Å²) in [6.07, 6.45) is 2.21. The van der Waals surface area contributed by atoms with E-state index >= 15 is 0 Å². The van der Waals surface area contributed by atoms with Gasteiger partial charge in [-0.2, -0.15) is 0 Å². The average molecular weight is 292 g/mol. The van der Waals surface area contributed by atoms with Crippen molar-refractivity contribution in [1.29, 1.82) is 0 Å². The summed E-state index contributed by atoms with van der Waals surface area (Å²) in [4.78, 5) is 8.24. The summed E-state index contributed by atoms with van der Waals surface area (Å²) in [7, 11) is 0. The van der Waals surface area contributed by atoms with E-state index in [-0.39, 0.29) is 5.82 Å². The van der Waals surface area contributed by atoms with Crippen LogP contribution < -0.4 is 5.73 Å². The van der Waals surface area contributed by atoms with E-state index in [1.165, 1.54) is 6.20 Å². The molecule has 1 atom stereocenters. The molecule has 1 unspecified atom stereocenters. The SMILES string of the molecule is Nc1ncc(Cl)cc1C(O)c1cnc2ccsc2c1. The second kappa shape index (κ2) is 4.77. The molecule has 3 heterocycles. The molecule has 3 rings (SSSR count). The molecule has 19 heavy (non-hydrogen) atoms. The second-order valence-corrected chi connectivity index (χ2v) is 5.49. The lowest BCUT2D eigenvalue weighted by atomic mass is 10.0. The van der Waals surface area contributed by atoms with Crippen LogP contribution in [0.2, 0.25) is 5.02 Å². The van der Waals surface area contributed by atoms with Gasteiger partial charge in [0.25, 0.3) is 0 Å². The van der Waals surface area contributed by atoms with E-state index in [9.17, 15) is 5.11 Å². The zero-order valence-corrected chi connectivity index (χ0v) is 11.3. The molecule has 3 N–H and O–H groups in total. The van der Waals surface area contributed by atoms with Crippen molar-refractivity contribution in [2.24, 2.45) is 0 Å². The Morgan fingerprint density at radius 2 is 2.11 bits per heavy atom. The molecule has 4 nitrogen and oxygen atoms in total. The zero-order valence-electron chi connectivity index (χ0n) is 9.75. The van der Waals surface area contributed by atoms with Crippen LogP contribution in [0.5, 0.6) is 0 Å². The van der Waals surface area contributed by atoms with Gasteiger partial charge in [0.05, 0.1) is 15.2 Å². The van der Waals surface area contributed by atoms with Crippen molar-refractivity contribution in [3.8, 4) is 0 Å². The fourth-order valence-corrected chi connectivity index (χ4v) is 2.83. The molecule has 0 spiro atoms. The quantitative estimate of drug-likeness (QED) is 0.761. The molecule has 0 aromatic carbocycles. The molecule has 96 valence electrons. The first-order valence-electron chi connectivity index (χ1n) is 5.57. The summed E-state index contributed by atoms with van der Waals surface area (Å²) < 4.78 is 1.02. The molecule has 3 aromatic heterocycles. The number of anilines is 1. The van der Waals surface area contributed by atoms with Gasteiger partial charge >= 0.3 is 0 Å². The molecular weight excluding hydrogens is 282 g/mol. The summed E-state index contributed by atoms with van der Waals surface area (Å²) >= 11 is 7.46. The van der Waals surface area contributed by atoms with Gasteiger partial charge in [-0.05, 0) is 23.6 Å². The standard InChI is InChI=1S/C13H10ClN3OS/c14-8-4-9(13(15)17-6-8)12(18)7-3-11-10(16-5-7)1-2-19-11/h1-6,12,18H,(H2,15,17). The average Bonchev–Trinajstić information content (AvgIpc) is 2.88. The summed E-state index contributed by atoms with van der Waals surface area (Å²) in [6.45, 7) is 0. The smallest absolute Gasteiger partial charge is 0.129 e. The predicted molar refractivity (Wildman–Crippen MR) is 77.3 cm³/mol. The molecule has 0 radical (unpaired) electrons. The van der Waals surface area contributed by atoms with E-state index in [2.05, 4.69) is 9.97 Å². The van der Waals surface area contributed by atoms with Crippen LogP contribution in [0.25, 0.3) is 10.2 Å². The maximum atomic E-state index is 10.4. The molecule has 0 bridgehead atoms. The highest BCUT2D eigenvalue weighted by molar-refractivity contribution is 7.17. The molecule has 3 aromatic rings. The van der Waals surface area contributed by atoms with E-state index in [4.69, 9.17) is 17.3 Å². The van der Waals surface area contributed by atoms with Crippen LogP contribution in [0.1, 0.15) is 17.2 Å². The summed E-state index contributed by atoms with van der Waals surface area (Å²) in [6, 6.07) is 5.46. The number of aliphatic hydroxyl groups is 1. The molecule has 6 heteroatoms. The van der Waals surface area contributed by atoms with Gasteiger partial charge < -0.3 is 10.8 Å². The topological polar surface area (TPSA) is 72.0 Å².